The summed E-state index contributed by atoms with van der Waals surface area (Å²) >= 11 is 6.02. The molecule has 0 spiro atoms. The molecule has 1 heteroatoms. The minimum Gasteiger partial charge on any atom is -0.0840 e. The number of rotatable bonds is 0. The highest BCUT2D eigenvalue weighted by Gasteiger charge is 2.13. The van der Waals surface area contributed by atoms with Crippen LogP contribution in [0.5, 0.6) is 0 Å². The van der Waals surface area contributed by atoms with Crippen molar-refractivity contribution in [3.05, 3.63) is 34.3 Å². The molecule has 0 bridgehead atoms. The molecule has 0 aliphatic rings. The summed E-state index contributed by atoms with van der Waals surface area (Å²) in [6, 6.07) is 6.26. The lowest BCUT2D eigenvalue weighted by Gasteiger charge is -2.19. The second kappa shape index (κ2) is 3.10. The molecule has 0 saturated heterocycles. The third kappa shape index (κ3) is 2.01. The molecule has 0 N–H and O–H groups in total. The molecule has 0 aliphatic heterocycles. The normalized spacial score (nSPS) is 11.8. The Morgan fingerprint density at radius 2 is 1.75 bits per heavy atom. The molecular formula is C11H15Cl. The lowest BCUT2D eigenvalue weighted by atomic mass is 9.87. The molecule has 0 atom stereocenters. The van der Waals surface area contributed by atoms with Crippen LogP contribution in [-0.2, 0) is 5.41 Å². The third-order valence-electron chi connectivity index (χ3n) is 2.04. The Bertz CT molecular complexity index is 282. The van der Waals surface area contributed by atoms with Gasteiger partial charge in [-0.05, 0) is 29.5 Å². The van der Waals surface area contributed by atoms with Crippen LogP contribution in [0.15, 0.2) is 18.2 Å². The van der Waals surface area contributed by atoms with Crippen molar-refractivity contribution in [3.63, 3.8) is 0 Å². The van der Waals surface area contributed by atoms with E-state index in [4.69, 9.17) is 11.6 Å². The van der Waals surface area contributed by atoms with Crippen LogP contribution in [0.3, 0.4) is 0 Å². The van der Waals surface area contributed by atoms with Crippen LogP contribution in [0, 0.1) is 6.92 Å². The van der Waals surface area contributed by atoms with Gasteiger partial charge in [-0.25, -0.2) is 0 Å². The average Bonchev–Trinajstić information content (AvgIpc) is 1.92. The summed E-state index contributed by atoms with van der Waals surface area (Å²) in [6.45, 7) is 8.59. The van der Waals surface area contributed by atoms with Gasteiger partial charge in [0.1, 0.15) is 0 Å². The van der Waals surface area contributed by atoms with Crippen LogP contribution >= 0.6 is 11.6 Å². The highest BCUT2D eigenvalue weighted by atomic mass is 35.5. The van der Waals surface area contributed by atoms with Gasteiger partial charge in [-0.3, -0.25) is 0 Å². The van der Waals surface area contributed by atoms with Gasteiger partial charge in [0, 0.05) is 5.02 Å². The van der Waals surface area contributed by atoms with Crippen molar-refractivity contribution in [3.8, 4) is 0 Å². The highest BCUT2D eigenvalue weighted by Crippen LogP contribution is 2.26. The number of halogens is 1. The molecule has 0 nitrogen and oxygen atoms in total. The molecule has 12 heavy (non-hydrogen) atoms. The Hall–Kier alpha value is -0.490. The van der Waals surface area contributed by atoms with Gasteiger partial charge in [0.15, 0.2) is 0 Å². The van der Waals surface area contributed by atoms with Gasteiger partial charge in [-0.1, -0.05) is 44.5 Å². The summed E-state index contributed by atoms with van der Waals surface area (Å²) in [5.41, 5.74) is 2.62. The minimum absolute atomic E-state index is 0.192. The van der Waals surface area contributed by atoms with Gasteiger partial charge in [-0.2, -0.15) is 0 Å². The summed E-state index contributed by atoms with van der Waals surface area (Å²) in [6.07, 6.45) is 0. The summed E-state index contributed by atoms with van der Waals surface area (Å²) in [7, 11) is 0. The molecule has 0 amide bonds. The van der Waals surface area contributed by atoms with Gasteiger partial charge < -0.3 is 0 Å². The van der Waals surface area contributed by atoms with E-state index < -0.39 is 0 Å². The fraction of sp³-hybridized carbons (Fsp3) is 0.455. The van der Waals surface area contributed by atoms with E-state index in [0.717, 1.165) is 10.6 Å². The zero-order valence-corrected chi connectivity index (χ0v) is 8.87. The summed E-state index contributed by atoms with van der Waals surface area (Å²) < 4.78 is 0. The van der Waals surface area contributed by atoms with Crippen LogP contribution in [0.1, 0.15) is 31.9 Å². The third-order valence-corrected chi connectivity index (χ3v) is 2.45. The number of hydrogen-bond donors (Lipinski definition) is 0. The van der Waals surface area contributed by atoms with Crippen molar-refractivity contribution in [2.75, 3.05) is 0 Å². The molecule has 0 heterocycles. The van der Waals surface area contributed by atoms with Crippen LogP contribution in [0.25, 0.3) is 0 Å². The maximum Gasteiger partial charge on any atom is 0.0438 e. The van der Waals surface area contributed by atoms with E-state index in [1.807, 2.05) is 6.92 Å². The van der Waals surface area contributed by atoms with Crippen molar-refractivity contribution < 1.29 is 0 Å². The smallest absolute Gasteiger partial charge is 0.0438 e. The second-order valence-electron chi connectivity index (χ2n) is 4.21. The van der Waals surface area contributed by atoms with E-state index in [2.05, 4.69) is 39.0 Å². The standard InChI is InChI=1S/C11H15Cl/c1-8-5-6-9(7-10(8)12)11(2,3)4/h5-7H,1-4H3. The van der Waals surface area contributed by atoms with E-state index in [1.165, 1.54) is 5.56 Å². The Labute approximate surface area is 79.6 Å². The topological polar surface area (TPSA) is 0 Å². The first-order valence-electron chi connectivity index (χ1n) is 4.18. The SMILES string of the molecule is Cc1ccc(C(C)(C)C)cc1Cl. The number of hydrogen-bond acceptors (Lipinski definition) is 0. The first-order chi connectivity index (χ1) is 5.41. The van der Waals surface area contributed by atoms with E-state index in [-0.39, 0.29) is 5.41 Å². The lowest BCUT2D eigenvalue weighted by Crippen LogP contribution is -2.10. The monoisotopic (exact) mass is 182 g/mol. The van der Waals surface area contributed by atoms with Crippen molar-refractivity contribution >= 4 is 11.6 Å². The van der Waals surface area contributed by atoms with Gasteiger partial charge >= 0.3 is 0 Å². The number of aryl methyl sites for hydroxylation is 1. The minimum atomic E-state index is 0.192. The van der Waals surface area contributed by atoms with Gasteiger partial charge in [0.25, 0.3) is 0 Å². The van der Waals surface area contributed by atoms with Gasteiger partial charge in [-0.15, -0.1) is 0 Å². The molecule has 0 fully saturated rings. The van der Waals surface area contributed by atoms with Gasteiger partial charge in [0.05, 0.1) is 0 Å². The Morgan fingerprint density at radius 3 is 2.17 bits per heavy atom. The van der Waals surface area contributed by atoms with Crippen molar-refractivity contribution in [2.24, 2.45) is 0 Å². The molecule has 1 aromatic carbocycles. The first-order valence-corrected chi connectivity index (χ1v) is 4.55. The lowest BCUT2D eigenvalue weighted by molar-refractivity contribution is 0.590. The molecule has 1 rings (SSSR count). The van der Waals surface area contributed by atoms with Crippen molar-refractivity contribution in [1.82, 2.24) is 0 Å². The van der Waals surface area contributed by atoms with E-state index in [1.54, 1.807) is 0 Å². The molecule has 66 valence electrons. The molecule has 0 unspecified atom stereocenters. The molecule has 0 saturated carbocycles. The zero-order chi connectivity index (χ0) is 9.35. The van der Waals surface area contributed by atoms with Crippen LogP contribution < -0.4 is 0 Å². The van der Waals surface area contributed by atoms with Crippen molar-refractivity contribution in [1.29, 1.82) is 0 Å². The summed E-state index contributed by atoms with van der Waals surface area (Å²) in [5, 5.41) is 0.863. The number of benzene rings is 1. The maximum atomic E-state index is 6.02. The fourth-order valence-electron chi connectivity index (χ4n) is 1.06. The van der Waals surface area contributed by atoms with Crippen LogP contribution in [0.2, 0.25) is 5.02 Å². The quantitative estimate of drug-likeness (QED) is 0.570. The van der Waals surface area contributed by atoms with Crippen LogP contribution in [-0.4, -0.2) is 0 Å². The summed E-state index contributed by atoms with van der Waals surface area (Å²) in [5.74, 6) is 0. The van der Waals surface area contributed by atoms with Gasteiger partial charge in [0.2, 0.25) is 0 Å². The van der Waals surface area contributed by atoms with E-state index >= 15 is 0 Å². The predicted octanol–water partition coefficient (Wildman–Crippen LogP) is 3.95. The van der Waals surface area contributed by atoms with E-state index in [0.29, 0.717) is 0 Å². The van der Waals surface area contributed by atoms with Crippen LogP contribution in [0.4, 0.5) is 0 Å². The summed E-state index contributed by atoms with van der Waals surface area (Å²) in [4.78, 5) is 0. The molecular weight excluding hydrogens is 168 g/mol. The average molecular weight is 183 g/mol. The Kier molecular flexibility index (Phi) is 2.48. The molecule has 0 radical (unpaired) electrons. The molecule has 0 aliphatic carbocycles. The largest absolute Gasteiger partial charge is 0.0840 e. The Morgan fingerprint density at radius 1 is 1.17 bits per heavy atom. The first kappa shape index (κ1) is 9.60. The molecule has 1 aromatic rings. The highest BCUT2D eigenvalue weighted by molar-refractivity contribution is 6.31. The Balaban J connectivity index is 3.14. The van der Waals surface area contributed by atoms with Crippen molar-refractivity contribution in [2.45, 2.75) is 33.1 Å². The fourth-order valence-corrected chi connectivity index (χ4v) is 1.24. The predicted molar refractivity (Wildman–Crippen MR) is 54.9 cm³/mol. The maximum absolute atomic E-state index is 6.02. The second-order valence-corrected chi connectivity index (χ2v) is 4.62. The van der Waals surface area contributed by atoms with E-state index in [9.17, 15) is 0 Å². The molecule has 0 aromatic heterocycles. The zero-order valence-electron chi connectivity index (χ0n) is 8.11.